The van der Waals surface area contributed by atoms with E-state index in [1.54, 1.807) is 14.0 Å². The van der Waals surface area contributed by atoms with Crippen LogP contribution >= 0.6 is 0 Å². The van der Waals surface area contributed by atoms with E-state index in [1.165, 1.54) is 18.5 Å². The van der Waals surface area contributed by atoms with Gasteiger partial charge in [0.25, 0.3) is 0 Å². The third-order valence-electron chi connectivity index (χ3n) is 7.10. The van der Waals surface area contributed by atoms with Crippen molar-refractivity contribution >= 4 is 22.5 Å². The Hall–Kier alpha value is -3.18. The van der Waals surface area contributed by atoms with E-state index < -0.39 is 28.9 Å². The number of alkyl halides is 2. The number of pyridine rings is 1. The SMILES string of the molecule is COc1nc2ncnc(N[C@H](C)c3cccc(C(F)(F)C(C)(C)O)c3F)c2cc1N1CCN(C(C)C)CC1. The molecule has 2 aromatic heterocycles. The molecule has 1 aliphatic heterocycles. The average molecular weight is 533 g/mol. The van der Waals surface area contributed by atoms with Gasteiger partial charge in [0.05, 0.1) is 24.1 Å². The molecule has 3 aromatic rings. The zero-order valence-corrected chi connectivity index (χ0v) is 22.6. The van der Waals surface area contributed by atoms with Gasteiger partial charge < -0.3 is 20.1 Å². The maximum atomic E-state index is 15.4. The molecule has 2 N–H and O–H groups in total. The van der Waals surface area contributed by atoms with Crippen LogP contribution in [-0.4, -0.2) is 69.9 Å². The van der Waals surface area contributed by atoms with Crippen molar-refractivity contribution in [3.05, 3.63) is 47.5 Å². The summed E-state index contributed by atoms with van der Waals surface area (Å²) in [7, 11) is 1.56. The van der Waals surface area contributed by atoms with Crippen LogP contribution in [0.4, 0.5) is 24.7 Å². The number of nitrogens with one attached hydrogen (secondary N) is 1. The van der Waals surface area contributed by atoms with Gasteiger partial charge in [-0.05, 0) is 46.8 Å². The molecule has 0 radical (unpaired) electrons. The summed E-state index contributed by atoms with van der Waals surface area (Å²) in [5.74, 6) is -4.04. The standard InChI is InChI=1S/C27H35F3N6O2/c1-16(2)35-10-12-36(13-11-35)21-14-19-23(31-15-32-24(19)34-25(21)38-6)33-17(3)18-8-7-9-20(22(18)28)27(29,30)26(4,5)37/h7-9,14-17,37H,10-13H2,1-6H3,(H,31,32,33,34)/t17-/m1/s1. The van der Waals surface area contributed by atoms with Crippen LogP contribution in [0.25, 0.3) is 11.0 Å². The molecule has 1 aliphatic rings. The summed E-state index contributed by atoms with van der Waals surface area (Å²) in [6, 6.07) is 5.40. The van der Waals surface area contributed by atoms with Crippen LogP contribution in [0.15, 0.2) is 30.6 Å². The van der Waals surface area contributed by atoms with Gasteiger partial charge in [0.1, 0.15) is 29.3 Å². The molecule has 0 saturated carbocycles. The minimum atomic E-state index is -3.79. The van der Waals surface area contributed by atoms with Gasteiger partial charge >= 0.3 is 5.92 Å². The van der Waals surface area contributed by atoms with Crippen molar-refractivity contribution in [2.24, 2.45) is 0 Å². The van der Waals surface area contributed by atoms with Gasteiger partial charge in [-0.1, -0.05) is 12.1 Å². The van der Waals surface area contributed by atoms with Crippen molar-refractivity contribution in [3.63, 3.8) is 0 Å². The number of halogens is 3. The second-order valence-electron chi connectivity index (χ2n) is 10.4. The Morgan fingerprint density at radius 2 is 1.76 bits per heavy atom. The van der Waals surface area contributed by atoms with E-state index in [9.17, 15) is 13.9 Å². The zero-order chi connectivity index (χ0) is 27.8. The fourth-order valence-corrected chi connectivity index (χ4v) is 4.67. The van der Waals surface area contributed by atoms with E-state index in [0.717, 1.165) is 51.8 Å². The minimum absolute atomic E-state index is 0.0182. The Morgan fingerprint density at radius 3 is 2.37 bits per heavy atom. The fourth-order valence-electron chi connectivity index (χ4n) is 4.67. The molecule has 1 aromatic carbocycles. The van der Waals surface area contributed by atoms with Crippen LogP contribution in [0.3, 0.4) is 0 Å². The number of fused-ring (bicyclic) bond motifs is 1. The number of ether oxygens (including phenoxy) is 1. The van der Waals surface area contributed by atoms with Crippen LogP contribution < -0.4 is 15.0 Å². The van der Waals surface area contributed by atoms with Crippen LogP contribution in [0, 0.1) is 5.82 Å². The summed E-state index contributed by atoms with van der Waals surface area (Å²) >= 11 is 0. The van der Waals surface area contributed by atoms with Crippen LogP contribution in [0.1, 0.15) is 51.8 Å². The Balaban J connectivity index is 1.68. The predicted octanol–water partition coefficient (Wildman–Crippen LogP) is 4.74. The number of hydrogen-bond donors (Lipinski definition) is 2. The summed E-state index contributed by atoms with van der Waals surface area (Å²) in [5, 5.41) is 13.7. The summed E-state index contributed by atoms with van der Waals surface area (Å²) in [6.07, 6.45) is 1.33. The monoisotopic (exact) mass is 532 g/mol. The maximum absolute atomic E-state index is 15.4. The third-order valence-corrected chi connectivity index (χ3v) is 7.10. The van der Waals surface area contributed by atoms with Gasteiger partial charge in [-0.3, -0.25) is 4.90 Å². The van der Waals surface area contributed by atoms with Crippen molar-refractivity contribution in [3.8, 4) is 5.88 Å². The molecular weight excluding hydrogens is 497 g/mol. The quantitative estimate of drug-likeness (QED) is 0.430. The highest BCUT2D eigenvalue weighted by Crippen LogP contribution is 2.41. The van der Waals surface area contributed by atoms with E-state index in [1.807, 2.05) is 6.07 Å². The minimum Gasteiger partial charge on any atom is -0.479 e. The molecule has 3 heterocycles. The Kier molecular flexibility index (Phi) is 7.72. The highest BCUT2D eigenvalue weighted by Gasteiger charge is 2.49. The van der Waals surface area contributed by atoms with E-state index in [0.29, 0.717) is 28.8 Å². The number of benzene rings is 1. The Labute approximate surface area is 220 Å². The molecular formula is C27H35F3N6O2. The lowest BCUT2D eigenvalue weighted by atomic mass is 9.91. The summed E-state index contributed by atoms with van der Waals surface area (Å²) in [4.78, 5) is 17.8. The van der Waals surface area contributed by atoms with E-state index >= 15 is 4.39 Å². The number of aromatic nitrogens is 3. The van der Waals surface area contributed by atoms with Crippen LogP contribution in [0.5, 0.6) is 5.88 Å². The van der Waals surface area contributed by atoms with E-state index in [-0.39, 0.29) is 5.56 Å². The number of rotatable bonds is 8. The summed E-state index contributed by atoms with van der Waals surface area (Å²) < 4.78 is 50.5. The zero-order valence-electron chi connectivity index (χ0n) is 22.6. The molecule has 1 saturated heterocycles. The smallest absolute Gasteiger partial charge is 0.303 e. The molecule has 0 unspecified atom stereocenters. The van der Waals surface area contributed by atoms with Gasteiger partial charge in [-0.25, -0.2) is 14.4 Å². The number of hydrogen-bond acceptors (Lipinski definition) is 8. The van der Waals surface area contributed by atoms with Gasteiger partial charge in [0.15, 0.2) is 5.65 Å². The summed E-state index contributed by atoms with van der Waals surface area (Å²) in [6.45, 7) is 11.3. The molecule has 0 bridgehead atoms. The number of anilines is 2. The fraction of sp³-hybridized carbons (Fsp3) is 0.519. The molecule has 206 valence electrons. The van der Waals surface area contributed by atoms with Crippen molar-refractivity contribution in [2.45, 2.75) is 58.2 Å². The number of methoxy groups -OCH3 is 1. The second kappa shape index (κ2) is 10.5. The van der Waals surface area contributed by atoms with Crippen molar-refractivity contribution in [1.82, 2.24) is 19.9 Å². The lowest BCUT2D eigenvalue weighted by molar-refractivity contribution is -0.170. The van der Waals surface area contributed by atoms with Crippen molar-refractivity contribution in [1.29, 1.82) is 0 Å². The molecule has 0 aliphatic carbocycles. The number of aliphatic hydroxyl groups is 1. The third kappa shape index (κ3) is 5.22. The molecule has 1 fully saturated rings. The maximum Gasteiger partial charge on any atom is 0.303 e. The second-order valence-corrected chi connectivity index (χ2v) is 10.4. The van der Waals surface area contributed by atoms with Crippen LogP contribution in [0.2, 0.25) is 0 Å². The van der Waals surface area contributed by atoms with E-state index in [2.05, 4.69) is 43.9 Å². The Bertz CT molecular complexity index is 1290. The first-order valence-corrected chi connectivity index (χ1v) is 12.7. The van der Waals surface area contributed by atoms with Crippen molar-refractivity contribution in [2.75, 3.05) is 43.5 Å². The number of nitrogens with zero attached hydrogens (tertiary/aromatic N) is 5. The highest BCUT2D eigenvalue weighted by molar-refractivity contribution is 5.90. The first-order chi connectivity index (χ1) is 17.8. The topological polar surface area (TPSA) is 86.6 Å². The highest BCUT2D eigenvalue weighted by atomic mass is 19.3. The lowest BCUT2D eigenvalue weighted by Gasteiger charge is -2.38. The molecule has 0 spiro atoms. The van der Waals surface area contributed by atoms with Crippen molar-refractivity contribution < 1.29 is 23.0 Å². The largest absolute Gasteiger partial charge is 0.479 e. The van der Waals surface area contributed by atoms with Gasteiger partial charge in [-0.15, -0.1) is 0 Å². The average Bonchev–Trinajstić information content (AvgIpc) is 2.87. The molecule has 11 heteroatoms. The van der Waals surface area contributed by atoms with E-state index in [4.69, 9.17) is 4.74 Å². The summed E-state index contributed by atoms with van der Waals surface area (Å²) in [5.41, 5.74) is -2.10. The van der Waals surface area contributed by atoms with Gasteiger partial charge in [-0.2, -0.15) is 13.8 Å². The first-order valence-electron chi connectivity index (χ1n) is 12.7. The molecule has 8 nitrogen and oxygen atoms in total. The first kappa shape index (κ1) is 27.8. The van der Waals surface area contributed by atoms with Gasteiger partial charge in [0, 0.05) is 37.8 Å². The molecule has 1 atom stereocenters. The lowest BCUT2D eigenvalue weighted by Crippen LogP contribution is -2.49. The number of piperazine rings is 1. The normalized spacial score (nSPS) is 16.2. The molecule has 0 amide bonds. The Morgan fingerprint density at radius 1 is 1.08 bits per heavy atom. The van der Waals surface area contributed by atoms with Crippen LogP contribution in [-0.2, 0) is 5.92 Å². The predicted molar refractivity (Wildman–Crippen MR) is 141 cm³/mol. The molecule has 38 heavy (non-hydrogen) atoms. The van der Waals surface area contributed by atoms with Gasteiger partial charge in [0.2, 0.25) is 5.88 Å². The molecule has 4 rings (SSSR count).